The van der Waals surface area contributed by atoms with E-state index in [-0.39, 0.29) is 24.0 Å². The highest BCUT2D eigenvalue weighted by atomic mass is 19.1. The van der Waals surface area contributed by atoms with E-state index in [2.05, 4.69) is 0 Å². The van der Waals surface area contributed by atoms with Crippen LogP contribution in [-0.2, 0) is 0 Å². The van der Waals surface area contributed by atoms with E-state index in [1.54, 1.807) is 4.90 Å². The molecule has 98 valence electrons. The lowest BCUT2D eigenvalue weighted by molar-refractivity contribution is -0.385. The highest BCUT2D eigenvalue weighted by Crippen LogP contribution is 2.36. The fourth-order valence-electron chi connectivity index (χ4n) is 1.96. The Labute approximate surface area is 103 Å². The van der Waals surface area contributed by atoms with Gasteiger partial charge in [-0.1, -0.05) is 0 Å². The fourth-order valence-corrected chi connectivity index (χ4v) is 1.96. The molecule has 1 fully saturated rings. The van der Waals surface area contributed by atoms with E-state index in [4.69, 9.17) is 9.84 Å². The molecule has 6 nitrogen and oxygen atoms in total. The van der Waals surface area contributed by atoms with Gasteiger partial charge >= 0.3 is 5.69 Å². The van der Waals surface area contributed by atoms with Gasteiger partial charge in [-0.15, -0.1) is 0 Å². The van der Waals surface area contributed by atoms with Crippen molar-refractivity contribution in [3.05, 3.63) is 28.1 Å². The zero-order valence-electron chi connectivity index (χ0n) is 9.80. The maximum absolute atomic E-state index is 13.8. The largest absolute Gasteiger partial charge is 0.490 e. The minimum absolute atomic E-state index is 0.0313. The van der Waals surface area contributed by atoms with Crippen LogP contribution < -0.4 is 9.64 Å². The van der Waals surface area contributed by atoms with Crippen LogP contribution >= 0.6 is 0 Å². The van der Waals surface area contributed by atoms with Crippen LogP contribution in [0, 0.1) is 21.8 Å². The summed E-state index contributed by atoms with van der Waals surface area (Å²) in [5.41, 5.74) is -0.125. The lowest BCUT2D eigenvalue weighted by atomic mass is 10.00. The smallest absolute Gasteiger partial charge is 0.313 e. The molecule has 0 aromatic heterocycles. The molecule has 0 radical (unpaired) electrons. The molecule has 0 unspecified atom stereocenters. The summed E-state index contributed by atoms with van der Waals surface area (Å²) in [6.07, 6.45) is 0. The third kappa shape index (κ3) is 2.08. The first kappa shape index (κ1) is 12.6. The molecule has 0 amide bonds. The average molecular weight is 256 g/mol. The molecule has 18 heavy (non-hydrogen) atoms. The number of anilines is 1. The van der Waals surface area contributed by atoms with E-state index in [0.29, 0.717) is 13.1 Å². The van der Waals surface area contributed by atoms with Gasteiger partial charge in [0.1, 0.15) is 0 Å². The molecule has 1 N–H and O–H groups in total. The summed E-state index contributed by atoms with van der Waals surface area (Å²) < 4.78 is 18.7. The Balaban J connectivity index is 2.30. The number of hydrogen-bond acceptors (Lipinski definition) is 5. The van der Waals surface area contributed by atoms with Gasteiger partial charge in [-0.2, -0.15) is 0 Å². The van der Waals surface area contributed by atoms with Crippen molar-refractivity contribution in [3.8, 4) is 5.75 Å². The van der Waals surface area contributed by atoms with Gasteiger partial charge in [0.2, 0.25) is 0 Å². The van der Waals surface area contributed by atoms with Crippen LogP contribution in [0.3, 0.4) is 0 Å². The second-order valence-electron chi connectivity index (χ2n) is 4.19. The molecule has 1 aliphatic heterocycles. The number of hydrogen-bond donors (Lipinski definition) is 1. The van der Waals surface area contributed by atoms with E-state index < -0.39 is 16.4 Å². The lowest BCUT2D eigenvalue weighted by Crippen LogP contribution is -2.48. The Morgan fingerprint density at radius 3 is 2.78 bits per heavy atom. The quantitative estimate of drug-likeness (QED) is 0.646. The van der Waals surface area contributed by atoms with Crippen LogP contribution in [0.4, 0.5) is 15.8 Å². The van der Waals surface area contributed by atoms with Crippen molar-refractivity contribution in [1.82, 2.24) is 0 Å². The summed E-state index contributed by atoms with van der Waals surface area (Å²) in [7, 11) is 1.30. The summed E-state index contributed by atoms with van der Waals surface area (Å²) in [5.74, 6) is -0.492. The second-order valence-corrected chi connectivity index (χ2v) is 4.19. The average Bonchev–Trinajstić information content (AvgIpc) is 2.29. The van der Waals surface area contributed by atoms with E-state index in [0.717, 1.165) is 6.07 Å². The number of nitro benzene ring substituents is 1. The SMILES string of the molecule is COc1cc(N2CC(CO)C2)c(F)cc1[N+](=O)[O-]. The molecule has 7 heteroatoms. The lowest BCUT2D eigenvalue weighted by Gasteiger charge is -2.40. The number of methoxy groups -OCH3 is 1. The highest BCUT2D eigenvalue weighted by molar-refractivity contribution is 5.61. The first-order valence-corrected chi connectivity index (χ1v) is 5.44. The molecule has 1 aromatic rings. The number of aliphatic hydroxyl groups excluding tert-OH is 1. The zero-order chi connectivity index (χ0) is 13.3. The molecular formula is C11H13FN2O4. The van der Waals surface area contributed by atoms with Gasteiger partial charge in [-0.25, -0.2) is 4.39 Å². The molecule has 0 aliphatic carbocycles. The van der Waals surface area contributed by atoms with Gasteiger partial charge in [-0.3, -0.25) is 10.1 Å². The number of nitrogens with zero attached hydrogens (tertiary/aromatic N) is 2. The Hall–Kier alpha value is -1.89. The maximum atomic E-state index is 13.8. The summed E-state index contributed by atoms with van der Waals surface area (Å²) in [6, 6.07) is 2.18. The number of rotatable bonds is 4. The van der Waals surface area contributed by atoms with Crippen LogP contribution in [0.25, 0.3) is 0 Å². The Kier molecular flexibility index (Phi) is 3.33. The van der Waals surface area contributed by atoms with Gasteiger partial charge in [-0.05, 0) is 0 Å². The van der Waals surface area contributed by atoms with Crippen molar-refractivity contribution >= 4 is 11.4 Å². The Morgan fingerprint density at radius 2 is 2.28 bits per heavy atom. The molecule has 2 rings (SSSR count). The van der Waals surface area contributed by atoms with Gasteiger partial charge in [0, 0.05) is 31.7 Å². The number of halogens is 1. The van der Waals surface area contributed by atoms with Crippen LogP contribution in [0.5, 0.6) is 5.75 Å². The first-order valence-electron chi connectivity index (χ1n) is 5.44. The molecule has 1 aromatic carbocycles. The van der Waals surface area contributed by atoms with Gasteiger partial charge < -0.3 is 14.7 Å². The van der Waals surface area contributed by atoms with Crippen LogP contribution in [-0.4, -0.2) is 36.8 Å². The molecular weight excluding hydrogens is 243 g/mol. The molecule has 0 spiro atoms. The van der Waals surface area contributed by atoms with Crippen molar-refractivity contribution in [2.75, 3.05) is 31.7 Å². The van der Waals surface area contributed by atoms with Crippen molar-refractivity contribution < 1.29 is 19.2 Å². The summed E-state index contributed by atoms with van der Waals surface area (Å²) >= 11 is 0. The summed E-state index contributed by atoms with van der Waals surface area (Å²) in [4.78, 5) is 11.7. The minimum atomic E-state index is -0.682. The minimum Gasteiger partial charge on any atom is -0.490 e. The number of benzene rings is 1. The normalized spacial score (nSPS) is 15.4. The van der Waals surface area contributed by atoms with Crippen molar-refractivity contribution in [1.29, 1.82) is 0 Å². The number of ether oxygens (including phenoxy) is 1. The predicted octanol–water partition coefficient (Wildman–Crippen LogP) is 1.17. The topological polar surface area (TPSA) is 75.8 Å². The van der Waals surface area contributed by atoms with Gasteiger partial charge in [0.15, 0.2) is 11.6 Å². The van der Waals surface area contributed by atoms with Crippen LogP contribution in [0.2, 0.25) is 0 Å². The molecule has 1 aliphatic rings. The molecule has 0 bridgehead atoms. The van der Waals surface area contributed by atoms with Crippen LogP contribution in [0.15, 0.2) is 12.1 Å². The van der Waals surface area contributed by atoms with Gasteiger partial charge in [0.05, 0.1) is 23.8 Å². The summed E-state index contributed by atoms with van der Waals surface area (Å²) in [6.45, 7) is 1.13. The third-order valence-electron chi connectivity index (χ3n) is 3.00. The first-order chi connectivity index (χ1) is 8.56. The van der Waals surface area contributed by atoms with Gasteiger partial charge in [0.25, 0.3) is 0 Å². The van der Waals surface area contributed by atoms with E-state index in [1.165, 1.54) is 13.2 Å². The van der Waals surface area contributed by atoms with Crippen LogP contribution in [0.1, 0.15) is 0 Å². The maximum Gasteiger partial charge on any atom is 0.313 e. The predicted molar refractivity (Wildman–Crippen MR) is 62.4 cm³/mol. The highest BCUT2D eigenvalue weighted by Gasteiger charge is 2.30. The van der Waals surface area contributed by atoms with E-state index >= 15 is 0 Å². The molecule has 0 atom stereocenters. The monoisotopic (exact) mass is 256 g/mol. The second kappa shape index (κ2) is 4.77. The number of nitro groups is 1. The molecule has 1 heterocycles. The third-order valence-corrected chi connectivity index (χ3v) is 3.00. The van der Waals surface area contributed by atoms with Crippen molar-refractivity contribution in [2.24, 2.45) is 5.92 Å². The Bertz CT molecular complexity index is 474. The number of aliphatic hydroxyl groups is 1. The Morgan fingerprint density at radius 1 is 1.61 bits per heavy atom. The molecule has 0 saturated carbocycles. The zero-order valence-corrected chi connectivity index (χ0v) is 9.80. The van der Waals surface area contributed by atoms with E-state index in [9.17, 15) is 14.5 Å². The standard InChI is InChI=1S/C11H13FN2O4/c1-18-11-3-9(13-4-7(5-13)6-15)8(12)2-10(11)14(16)17/h2-3,7,15H,4-6H2,1H3. The fraction of sp³-hybridized carbons (Fsp3) is 0.455. The van der Waals surface area contributed by atoms with Crippen molar-refractivity contribution in [2.45, 2.75) is 0 Å². The van der Waals surface area contributed by atoms with Crippen molar-refractivity contribution in [3.63, 3.8) is 0 Å². The molecule has 1 saturated heterocycles. The summed E-state index contributed by atoms with van der Waals surface area (Å²) in [5, 5.41) is 19.6. The van der Waals surface area contributed by atoms with E-state index in [1.807, 2.05) is 0 Å².